The summed E-state index contributed by atoms with van der Waals surface area (Å²) >= 11 is 5.51. The third-order valence-electron chi connectivity index (χ3n) is 21.2. The van der Waals surface area contributed by atoms with Crippen LogP contribution in [0.1, 0.15) is 0 Å². The molecule has 0 saturated carbocycles. The van der Waals surface area contributed by atoms with E-state index < -0.39 is 0 Å². The maximum absolute atomic E-state index is 5.05. The van der Waals surface area contributed by atoms with Crippen LogP contribution in [0.3, 0.4) is 0 Å². The molecule has 0 bridgehead atoms. The molecule has 12 nitrogen and oxygen atoms in total. The first kappa shape index (κ1) is 66.4. The molecule has 0 aliphatic carbocycles. The third-order valence-corrected chi connectivity index (χ3v) is 24.7. The van der Waals surface area contributed by atoms with Gasteiger partial charge in [-0.3, -0.25) is 13.7 Å². The van der Waals surface area contributed by atoms with Crippen molar-refractivity contribution in [2.75, 3.05) is 0 Å². The molecule has 0 amide bonds. The van der Waals surface area contributed by atoms with Crippen molar-refractivity contribution in [3.63, 3.8) is 0 Å². The third kappa shape index (κ3) is 11.5. The largest absolute Gasteiger partial charge is 0.278 e. The van der Waals surface area contributed by atoms with E-state index in [9.17, 15) is 0 Å². The average molecular weight is 1510 g/mol. The summed E-state index contributed by atoms with van der Waals surface area (Å²) in [5.41, 5.74) is 12.3. The van der Waals surface area contributed by atoms with Gasteiger partial charge in [0.2, 0.25) is 17.8 Å². The average Bonchev–Trinajstić information content (AvgIpc) is 1.58. The fourth-order valence-corrected chi connectivity index (χ4v) is 19.5. The van der Waals surface area contributed by atoms with Crippen molar-refractivity contribution < 1.29 is 0 Å². The molecule has 15 heteroatoms. The maximum atomic E-state index is 5.05. The molecule has 0 atom stereocenters. The standard InChI is InChI=1S/3C33H20N4S/c1-3-11-21(12-4-1)31-34-32(22-13-5-2-6-14-22)36-33(35-31)37-26-17-9-7-16-25(26)29-27(37)20-19-24-23-15-8-10-18-28(23)38-30(24)29;1-3-11-21(12-4-1)31-34-32(22-13-5-2-6-14-22)36-33(35-31)37-27-17-9-7-15-23(27)25-20-30-26(19-28(25)37)24-16-8-10-18-29(24)38-30;1-3-11-21(12-4-1)31-34-32(22-13-5-2-6-14-22)36-33(35-31)37-27-17-9-7-15-23(27)25-19-26-24-16-8-10-18-29(24)38-30(26)20-28(25)37/h3*1-20H. The molecular weight excluding hydrogens is 1450 g/mol. The van der Waals surface area contributed by atoms with Gasteiger partial charge in [-0.1, -0.05) is 297 Å². The highest BCUT2D eigenvalue weighted by Gasteiger charge is 2.25. The zero-order chi connectivity index (χ0) is 75.2. The minimum absolute atomic E-state index is 0.614. The molecule has 534 valence electrons. The van der Waals surface area contributed by atoms with E-state index in [1.807, 2.05) is 216 Å². The van der Waals surface area contributed by atoms with Crippen LogP contribution in [0.5, 0.6) is 0 Å². The Morgan fingerprint density at radius 3 is 0.860 bits per heavy atom. The minimum Gasteiger partial charge on any atom is -0.278 e. The van der Waals surface area contributed by atoms with Crippen molar-refractivity contribution in [2.24, 2.45) is 0 Å². The van der Waals surface area contributed by atoms with Crippen molar-refractivity contribution in [3.05, 3.63) is 364 Å². The summed E-state index contributed by atoms with van der Waals surface area (Å²) in [4.78, 5) is 44.9. The second-order valence-electron chi connectivity index (χ2n) is 28.0. The number of thiophene rings is 3. The van der Waals surface area contributed by atoms with Crippen LogP contribution in [0.25, 0.3) is 212 Å². The smallest absolute Gasteiger partial charge is 0.238 e. The first-order chi connectivity index (χ1) is 56.5. The normalized spacial score (nSPS) is 11.7. The van der Waals surface area contributed by atoms with Gasteiger partial charge in [-0.05, 0) is 66.7 Å². The highest BCUT2D eigenvalue weighted by atomic mass is 32.1. The van der Waals surface area contributed by atoms with Crippen LogP contribution in [0.4, 0.5) is 0 Å². The molecule has 24 aromatic rings. The lowest BCUT2D eigenvalue weighted by atomic mass is 10.1. The number of para-hydroxylation sites is 3. The van der Waals surface area contributed by atoms with Crippen LogP contribution in [0.15, 0.2) is 364 Å². The van der Waals surface area contributed by atoms with Gasteiger partial charge in [0.1, 0.15) is 0 Å². The van der Waals surface area contributed by atoms with E-state index in [4.69, 9.17) is 44.9 Å². The number of hydrogen-bond donors (Lipinski definition) is 0. The Morgan fingerprint density at radius 2 is 0.456 bits per heavy atom. The van der Waals surface area contributed by atoms with Gasteiger partial charge in [0.15, 0.2) is 34.9 Å². The van der Waals surface area contributed by atoms with Crippen molar-refractivity contribution in [3.8, 4) is 86.2 Å². The highest BCUT2D eigenvalue weighted by molar-refractivity contribution is 7.27. The first-order valence-electron chi connectivity index (χ1n) is 37.7. The Bertz CT molecular complexity index is 7530. The predicted molar refractivity (Wildman–Crippen MR) is 474 cm³/mol. The number of rotatable bonds is 9. The van der Waals surface area contributed by atoms with Crippen LogP contribution < -0.4 is 0 Å². The molecule has 0 N–H and O–H groups in total. The van der Waals surface area contributed by atoms with E-state index in [0.717, 1.165) is 66.5 Å². The van der Waals surface area contributed by atoms with Crippen molar-refractivity contribution in [2.45, 2.75) is 0 Å². The molecule has 0 aliphatic heterocycles. The molecule has 0 fully saturated rings. The number of nitrogens with zero attached hydrogens (tertiary/aromatic N) is 12. The van der Waals surface area contributed by atoms with Gasteiger partial charge in [0.25, 0.3) is 0 Å². The van der Waals surface area contributed by atoms with Crippen molar-refractivity contribution in [1.82, 2.24) is 58.6 Å². The summed E-state index contributed by atoms with van der Waals surface area (Å²) in [7, 11) is 0. The predicted octanol–water partition coefficient (Wildman–Crippen LogP) is 26.0. The van der Waals surface area contributed by atoms with Gasteiger partial charge in [-0.15, -0.1) is 34.0 Å². The molecule has 0 spiro atoms. The molecule has 0 saturated heterocycles. The molecular formula is C99H60N12S3. The Kier molecular flexibility index (Phi) is 16.2. The van der Waals surface area contributed by atoms with Gasteiger partial charge < -0.3 is 0 Å². The zero-order valence-corrected chi connectivity index (χ0v) is 63.2. The molecule has 0 aliphatic rings. The van der Waals surface area contributed by atoms with E-state index in [0.29, 0.717) is 52.8 Å². The molecule has 0 radical (unpaired) electrons. The van der Waals surface area contributed by atoms with Gasteiger partial charge >= 0.3 is 0 Å². The second kappa shape index (κ2) is 27.7. The summed E-state index contributed by atoms with van der Waals surface area (Å²) in [6.07, 6.45) is 0. The number of aromatic nitrogens is 12. The van der Waals surface area contributed by atoms with Crippen LogP contribution in [0, 0.1) is 0 Å². The van der Waals surface area contributed by atoms with Crippen LogP contribution in [-0.4, -0.2) is 58.6 Å². The van der Waals surface area contributed by atoms with Gasteiger partial charge in [0.05, 0.1) is 33.1 Å². The van der Waals surface area contributed by atoms with Crippen LogP contribution >= 0.6 is 34.0 Å². The molecule has 15 aromatic carbocycles. The summed E-state index contributed by atoms with van der Waals surface area (Å²) in [5, 5.41) is 14.9. The quantitative estimate of drug-likeness (QED) is 0.139. The van der Waals surface area contributed by atoms with Crippen molar-refractivity contribution in [1.29, 1.82) is 0 Å². The van der Waals surface area contributed by atoms with Crippen molar-refractivity contribution >= 4 is 160 Å². The lowest BCUT2D eigenvalue weighted by Gasteiger charge is -2.11. The Hall–Kier alpha value is -14.6. The zero-order valence-electron chi connectivity index (χ0n) is 60.7. The molecule has 9 heterocycles. The lowest BCUT2D eigenvalue weighted by Crippen LogP contribution is -2.06. The van der Waals surface area contributed by atoms with Crippen LogP contribution in [0.2, 0.25) is 0 Å². The van der Waals surface area contributed by atoms with Crippen LogP contribution in [-0.2, 0) is 0 Å². The summed E-state index contributed by atoms with van der Waals surface area (Å²) in [5.74, 6) is 5.78. The molecule has 0 unspecified atom stereocenters. The van der Waals surface area contributed by atoms with E-state index in [-0.39, 0.29) is 0 Å². The number of fused-ring (bicyclic) bond motifs is 19. The van der Waals surface area contributed by atoms with E-state index in [1.54, 1.807) is 0 Å². The number of benzene rings is 15. The summed E-state index contributed by atoms with van der Waals surface area (Å²) in [6, 6.07) is 126. The first-order valence-corrected chi connectivity index (χ1v) is 40.1. The van der Waals surface area contributed by atoms with Gasteiger partial charge in [0, 0.05) is 126 Å². The Morgan fingerprint density at radius 1 is 0.167 bits per heavy atom. The summed E-state index contributed by atoms with van der Waals surface area (Å²) in [6.45, 7) is 0. The molecule has 114 heavy (non-hydrogen) atoms. The Balaban J connectivity index is 0.000000104. The monoisotopic (exact) mass is 1510 g/mol. The number of hydrogen-bond acceptors (Lipinski definition) is 12. The van der Waals surface area contributed by atoms with Gasteiger partial charge in [-0.25, -0.2) is 15.0 Å². The Labute approximate surface area is 663 Å². The van der Waals surface area contributed by atoms with E-state index in [2.05, 4.69) is 196 Å². The topological polar surface area (TPSA) is 131 Å². The molecule has 9 aromatic heterocycles. The fourth-order valence-electron chi connectivity index (χ4n) is 15.9. The summed E-state index contributed by atoms with van der Waals surface area (Å²) < 4.78 is 14.3. The minimum atomic E-state index is 0.614. The van der Waals surface area contributed by atoms with E-state index >= 15 is 0 Å². The second-order valence-corrected chi connectivity index (χ2v) is 31.2. The highest BCUT2D eigenvalue weighted by Crippen LogP contribution is 2.46. The lowest BCUT2D eigenvalue weighted by molar-refractivity contribution is 0.953. The van der Waals surface area contributed by atoms with Gasteiger partial charge in [-0.2, -0.15) is 29.9 Å². The SMILES string of the molecule is c1ccc(-c2nc(-c3ccccc3)nc(-n3c4ccccc4c4c5sc6ccccc6c5ccc43)n2)cc1.c1ccc(-c2nc(-c3ccccc3)nc(-n3c4ccccc4c4cc5c(cc43)sc3ccccc35)n2)cc1.c1ccc(-c2nc(-c3ccccc3)nc(-n3c4ccccc4c4cc5sc6ccccc6c5cc43)n2)cc1. The van der Waals surface area contributed by atoms with E-state index in [1.165, 1.54) is 92.8 Å². The fraction of sp³-hybridized carbons (Fsp3) is 0. The maximum Gasteiger partial charge on any atom is 0.238 e. The molecule has 24 rings (SSSR count).